The summed E-state index contributed by atoms with van der Waals surface area (Å²) in [6.45, 7) is 17.9. The Kier molecular flexibility index (Phi) is 6.84. The maximum absolute atomic E-state index is 6.46. The molecule has 1 heteroatoms. The second-order valence-corrected chi connectivity index (χ2v) is 7.40. The Morgan fingerprint density at radius 1 is 1.06 bits per heavy atom. The summed E-state index contributed by atoms with van der Waals surface area (Å²) in [6.07, 6.45) is 5.67. The van der Waals surface area contributed by atoms with Crippen LogP contribution in [0.25, 0.3) is 0 Å². The molecule has 17 heavy (non-hydrogen) atoms. The normalized spacial score (nSPS) is 14.8. The monoisotopic (exact) mass is 258 g/mol. The predicted octanol–water partition coefficient (Wildman–Crippen LogP) is 6.19. The van der Waals surface area contributed by atoms with Gasteiger partial charge in [0.05, 0.1) is 5.38 Å². The Labute approximate surface area is 114 Å². The highest BCUT2D eigenvalue weighted by molar-refractivity contribution is 6.22. The summed E-state index contributed by atoms with van der Waals surface area (Å²) in [5.41, 5.74) is 1.96. The molecule has 0 nitrogen and oxygen atoms in total. The van der Waals surface area contributed by atoms with E-state index in [1.807, 2.05) is 0 Å². The van der Waals surface area contributed by atoms with Gasteiger partial charge in [0.2, 0.25) is 0 Å². The Bertz CT molecular complexity index is 238. The van der Waals surface area contributed by atoms with Crippen LogP contribution in [0.15, 0.2) is 12.2 Å². The van der Waals surface area contributed by atoms with Crippen molar-refractivity contribution in [2.75, 3.05) is 0 Å². The van der Waals surface area contributed by atoms with Crippen molar-refractivity contribution in [1.82, 2.24) is 0 Å². The molecule has 0 amide bonds. The lowest BCUT2D eigenvalue weighted by molar-refractivity contribution is 0.308. The van der Waals surface area contributed by atoms with E-state index in [2.05, 4.69) is 48.1 Å². The highest BCUT2D eigenvalue weighted by Gasteiger charge is 2.22. The van der Waals surface area contributed by atoms with Crippen LogP contribution in [0.3, 0.4) is 0 Å². The van der Waals surface area contributed by atoms with Gasteiger partial charge in [0.15, 0.2) is 0 Å². The van der Waals surface area contributed by atoms with E-state index < -0.39 is 0 Å². The first-order valence-corrected chi connectivity index (χ1v) is 7.39. The van der Waals surface area contributed by atoms with Crippen LogP contribution in [-0.4, -0.2) is 5.38 Å². The molecule has 0 unspecified atom stereocenters. The Hall–Kier alpha value is 0.0300. The van der Waals surface area contributed by atoms with Crippen molar-refractivity contribution in [3.05, 3.63) is 12.2 Å². The van der Waals surface area contributed by atoms with Gasteiger partial charge in [-0.1, -0.05) is 66.5 Å². The van der Waals surface area contributed by atoms with Gasteiger partial charge in [-0.05, 0) is 30.1 Å². The van der Waals surface area contributed by atoms with Crippen molar-refractivity contribution in [2.24, 2.45) is 10.8 Å². The molecular formula is C16H31Cl. The average Bonchev–Trinajstić information content (AvgIpc) is 2.25. The van der Waals surface area contributed by atoms with Crippen LogP contribution in [0.2, 0.25) is 0 Å². The summed E-state index contributed by atoms with van der Waals surface area (Å²) in [7, 11) is 0. The molecule has 102 valence electrons. The molecule has 0 bridgehead atoms. The topological polar surface area (TPSA) is 0 Å². The minimum atomic E-state index is 0.145. The van der Waals surface area contributed by atoms with Crippen LogP contribution in [0.5, 0.6) is 0 Å². The molecule has 0 fully saturated rings. The van der Waals surface area contributed by atoms with E-state index in [-0.39, 0.29) is 5.38 Å². The van der Waals surface area contributed by atoms with Crippen molar-refractivity contribution in [1.29, 1.82) is 0 Å². The summed E-state index contributed by atoms with van der Waals surface area (Å²) in [6, 6.07) is 0. The lowest BCUT2D eigenvalue weighted by Gasteiger charge is -2.28. The third kappa shape index (κ3) is 7.13. The van der Waals surface area contributed by atoms with Crippen LogP contribution in [0.1, 0.15) is 73.6 Å². The van der Waals surface area contributed by atoms with Gasteiger partial charge in [-0.2, -0.15) is 0 Å². The summed E-state index contributed by atoms with van der Waals surface area (Å²) in [4.78, 5) is 0. The van der Waals surface area contributed by atoms with E-state index in [4.69, 9.17) is 11.6 Å². The first-order valence-electron chi connectivity index (χ1n) is 6.95. The maximum Gasteiger partial charge on any atom is 0.0543 e. The number of halogens is 1. The van der Waals surface area contributed by atoms with E-state index in [0.717, 1.165) is 12.8 Å². The molecule has 0 rings (SSSR count). The number of rotatable bonds is 8. The van der Waals surface area contributed by atoms with Gasteiger partial charge in [-0.15, -0.1) is 11.6 Å². The van der Waals surface area contributed by atoms with Gasteiger partial charge < -0.3 is 0 Å². The summed E-state index contributed by atoms with van der Waals surface area (Å²) >= 11 is 6.46. The average molecular weight is 259 g/mol. The van der Waals surface area contributed by atoms with Crippen molar-refractivity contribution in [2.45, 2.75) is 79.0 Å². The van der Waals surface area contributed by atoms with Crippen LogP contribution < -0.4 is 0 Å². The number of alkyl halides is 1. The van der Waals surface area contributed by atoms with Crippen LogP contribution in [-0.2, 0) is 0 Å². The predicted molar refractivity (Wildman–Crippen MR) is 80.8 cm³/mol. The quantitative estimate of drug-likeness (QED) is 0.360. The van der Waals surface area contributed by atoms with Crippen LogP contribution in [0.4, 0.5) is 0 Å². The van der Waals surface area contributed by atoms with Crippen molar-refractivity contribution in [3.8, 4) is 0 Å². The highest BCUT2D eigenvalue weighted by Crippen LogP contribution is 2.34. The largest absolute Gasteiger partial charge is 0.118 e. The zero-order chi connectivity index (χ0) is 13.7. The lowest BCUT2D eigenvalue weighted by Crippen LogP contribution is -2.17. The molecule has 0 N–H and O–H groups in total. The fourth-order valence-corrected chi connectivity index (χ4v) is 1.94. The number of hydrogen-bond acceptors (Lipinski definition) is 0. The molecule has 0 saturated heterocycles. The van der Waals surface area contributed by atoms with E-state index in [9.17, 15) is 0 Å². The van der Waals surface area contributed by atoms with Crippen molar-refractivity contribution in [3.63, 3.8) is 0 Å². The van der Waals surface area contributed by atoms with Crippen molar-refractivity contribution < 1.29 is 0 Å². The number of hydrogen-bond donors (Lipinski definition) is 0. The third-order valence-electron chi connectivity index (χ3n) is 4.14. The second-order valence-electron chi connectivity index (χ2n) is 6.88. The lowest BCUT2D eigenvalue weighted by atomic mass is 9.80. The zero-order valence-corrected chi connectivity index (χ0v) is 13.5. The Balaban J connectivity index is 4.16. The van der Waals surface area contributed by atoms with Gasteiger partial charge in [0, 0.05) is 0 Å². The third-order valence-corrected chi connectivity index (χ3v) is 4.66. The standard InChI is InChI=1S/C16H31Cl/c1-8-15(4,5)11-10-14(17)13(3)12-16(6,7)9-2/h14H,3,8-12H2,1-2,4-7H3/t14-/m1/s1. The molecule has 0 aliphatic carbocycles. The molecule has 1 atom stereocenters. The molecular weight excluding hydrogens is 228 g/mol. The van der Waals surface area contributed by atoms with Gasteiger partial charge in [-0.3, -0.25) is 0 Å². The SMILES string of the molecule is C=C(CC(C)(C)CC)[C@H](Cl)CCC(C)(C)CC. The molecule has 0 aromatic rings. The van der Waals surface area contributed by atoms with E-state index in [1.165, 1.54) is 24.8 Å². The summed E-state index contributed by atoms with van der Waals surface area (Å²) in [5, 5.41) is 0.145. The number of allylic oxidation sites excluding steroid dienone is 1. The second kappa shape index (κ2) is 6.83. The maximum atomic E-state index is 6.46. The fraction of sp³-hybridized carbons (Fsp3) is 0.875. The van der Waals surface area contributed by atoms with Crippen LogP contribution in [0, 0.1) is 10.8 Å². The van der Waals surface area contributed by atoms with Crippen LogP contribution >= 0.6 is 11.6 Å². The van der Waals surface area contributed by atoms with Gasteiger partial charge >= 0.3 is 0 Å². The molecule has 0 spiro atoms. The van der Waals surface area contributed by atoms with E-state index in [1.54, 1.807) is 0 Å². The first-order chi connectivity index (χ1) is 7.63. The molecule has 0 aromatic carbocycles. The summed E-state index contributed by atoms with van der Waals surface area (Å²) in [5.74, 6) is 0. The minimum absolute atomic E-state index is 0.145. The van der Waals surface area contributed by atoms with E-state index >= 15 is 0 Å². The fourth-order valence-electron chi connectivity index (χ4n) is 1.75. The molecule has 0 aliphatic heterocycles. The smallest absolute Gasteiger partial charge is 0.0543 e. The van der Waals surface area contributed by atoms with Gasteiger partial charge in [0.1, 0.15) is 0 Å². The van der Waals surface area contributed by atoms with Crippen molar-refractivity contribution >= 4 is 11.6 Å². The zero-order valence-electron chi connectivity index (χ0n) is 12.7. The molecule has 0 radical (unpaired) electrons. The van der Waals surface area contributed by atoms with Gasteiger partial charge in [0.25, 0.3) is 0 Å². The Morgan fingerprint density at radius 2 is 1.53 bits per heavy atom. The summed E-state index contributed by atoms with van der Waals surface area (Å²) < 4.78 is 0. The molecule has 0 aromatic heterocycles. The molecule has 0 aliphatic rings. The van der Waals surface area contributed by atoms with Gasteiger partial charge in [-0.25, -0.2) is 0 Å². The minimum Gasteiger partial charge on any atom is -0.118 e. The highest BCUT2D eigenvalue weighted by atomic mass is 35.5. The molecule has 0 saturated carbocycles. The molecule has 0 heterocycles. The first kappa shape index (κ1) is 17.0. The Morgan fingerprint density at radius 3 is 1.94 bits per heavy atom. The van der Waals surface area contributed by atoms with E-state index in [0.29, 0.717) is 10.8 Å².